The van der Waals surface area contributed by atoms with Crippen LogP contribution >= 0.6 is 0 Å². The summed E-state index contributed by atoms with van der Waals surface area (Å²) in [6.07, 6.45) is 8.05. The van der Waals surface area contributed by atoms with Gasteiger partial charge in [-0.05, 0) is 49.9 Å². The third kappa shape index (κ3) is 2.50. The highest BCUT2D eigenvalue weighted by atomic mass is 16.3. The molecule has 1 saturated heterocycles. The standard InChI is InChI=1S/C22H28N4O2/c1-2-3-11-26-18-6-4-9-23-20(18)25-10-5-7-19(25)22(26)8-12-24(15-22)21(28)16-13-17(27)14-16/h4-7,9-10,16-17,27H,2-3,8,11-15H2,1H3. The van der Waals surface area contributed by atoms with Crippen molar-refractivity contribution in [3.63, 3.8) is 0 Å². The van der Waals surface area contributed by atoms with E-state index in [4.69, 9.17) is 0 Å². The average molecular weight is 380 g/mol. The third-order valence-electron chi connectivity index (χ3n) is 6.78. The lowest BCUT2D eigenvalue weighted by Crippen LogP contribution is -2.53. The summed E-state index contributed by atoms with van der Waals surface area (Å²) in [5.74, 6) is 1.20. The molecule has 1 N–H and O–H groups in total. The Morgan fingerprint density at radius 2 is 2.18 bits per heavy atom. The van der Waals surface area contributed by atoms with Crippen LogP contribution in [-0.4, -0.2) is 51.2 Å². The van der Waals surface area contributed by atoms with Crippen molar-refractivity contribution in [2.24, 2.45) is 5.92 Å². The number of carbonyl (C=O) groups excluding carboxylic acids is 1. The maximum Gasteiger partial charge on any atom is 0.225 e. The number of nitrogens with zero attached hydrogens (tertiary/aromatic N) is 4. The van der Waals surface area contributed by atoms with Crippen LogP contribution in [0.15, 0.2) is 36.7 Å². The van der Waals surface area contributed by atoms with E-state index in [0.717, 1.165) is 43.9 Å². The number of hydrogen-bond acceptors (Lipinski definition) is 4. The molecule has 6 nitrogen and oxygen atoms in total. The van der Waals surface area contributed by atoms with Crippen LogP contribution < -0.4 is 4.90 Å². The van der Waals surface area contributed by atoms with Gasteiger partial charge in [-0.25, -0.2) is 4.98 Å². The summed E-state index contributed by atoms with van der Waals surface area (Å²) in [6, 6.07) is 8.45. The topological polar surface area (TPSA) is 61.6 Å². The molecular weight excluding hydrogens is 352 g/mol. The number of amides is 1. The lowest BCUT2D eigenvalue weighted by atomic mass is 9.81. The molecule has 1 amide bonds. The largest absolute Gasteiger partial charge is 0.393 e. The summed E-state index contributed by atoms with van der Waals surface area (Å²) in [6.45, 7) is 4.66. The van der Waals surface area contributed by atoms with Crippen molar-refractivity contribution >= 4 is 11.6 Å². The van der Waals surface area contributed by atoms with E-state index in [1.165, 1.54) is 5.69 Å². The normalized spacial score (nSPS) is 28.2. The predicted molar refractivity (Wildman–Crippen MR) is 107 cm³/mol. The molecule has 1 aliphatic carbocycles. The van der Waals surface area contributed by atoms with E-state index in [0.29, 0.717) is 19.4 Å². The van der Waals surface area contributed by atoms with Gasteiger partial charge in [-0.2, -0.15) is 0 Å². The van der Waals surface area contributed by atoms with Crippen molar-refractivity contribution in [1.29, 1.82) is 0 Å². The fourth-order valence-electron chi connectivity index (χ4n) is 5.21. The van der Waals surface area contributed by atoms with Crippen LogP contribution in [0.4, 0.5) is 5.69 Å². The monoisotopic (exact) mass is 380 g/mol. The number of anilines is 1. The second-order valence-corrected chi connectivity index (χ2v) is 8.48. The van der Waals surface area contributed by atoms with Crippen molar-refractivity contribution in [1.82, 2.24) is 14.5 Å². The molecule has 2 aromatic rings. The number of rotatable bonds is 4. The third-order valence-corrected chi connectivity index (χ3v) is 6.78. The van der Waals surface area contributed by atoms with Crippen LogP contribution in [0, 0.1) is 5.92 Å². The van der Waals surface area contributed by atoms with Crippen molar-refractivity contribution in [3.8, 4) is 5.82 Å². The van der Waals surface area contributed by atoms with Crippen LogP contribution in [0.1, 0.15) is 44.7 Å². The van der Waals surface area contributed by atoms with Gasteiger partial charge in [0, 0.05) is 37.9 Å². The molecule has 3 aliphatic rings. The van der Waals surface area contributed by atoms with E-state index >= 15 is 0 Å². The zero-order chi connectivity index (χ0) is 19.3. The fraction of sp³-hybridized carbons (Fsp3) is 0.545. The van der Waals surface area contributed by atoms with Gasteiger partial charge in [0.15, 0.2) is 5.82 Å². The predicted octanol–water partition coefficient (Wildman–Crippen LogP) is 2.69. The van der Waals surface area contributed by atoms with Gasteiger partial charge in [-0.3, -0.25) is 4.79 Å². The van der Waals surface area contributed by atoms with Crippen molar-refractivity contribution in [2.45, 2.75) is 50.7 Å². The second-order valence-electron chi connectivity index (χ2n) is 8.48. The summed E-state index contributed by atoms with van der Waals surface area (Å²) in [7, 11) is 0. The number of carbonyl (C=O) groups is 1. The number of aromatic nitrogens is 2. The Bertz CT molecular complexity index is 888. The summed E-state index contributed by atoms with van der Waals surface area (Å²) in [5.41, 5.74) is 2.19. The summed E-state index contributed by atoms with van der Waals surface area (Å²) in [4.78, 5) is 22.2. The molecule has 6 heteroatoms. The number of fused-ring (bicyclic) bond motifs is 4. The number of hydrogen-bond donors (Lipinski definition) is 1. The Morgan fingerprint density at radius 1 is 1.32 bits per heavy atom. The fourth-order valence-corrected chi connectivity index (χ4v) is 5.21. The van der Waals surface area contributed by atoms with Gasteiger partial charge in [-0.15, -0.1) is 0 Å². The van der Waals surface area contributed by atoms with E-state index in [9.17, 15) is 9.90 Å². The van der Waals surface area contributed by atoms with Gasteiger partial charge in [0.2, 0.25) is 5.91 Å². The Morgan fingerprint density at radius 3 is 2.96 bits per heavy atom. The van der Waals surface area contributed by atoms with Crippen molar-refractivity contribution in [3.05, 3.63) is 42.4 Å². The Balaban J connectivity index is 1.53. The van der Waals surface area contributed by atoms with E-state index in [1.807, 2.05) is 17.2 Å². The van der Waals surface area contributed by atoms with Gasteiger partial charge in [0.1, 0.15) is 5.54 Å². The molecular formula is C22H28N4O2. The van der Waals surface area contributed by atoms with Crippen LogP contribution in [0.25, 0.3) is 5.82 Å². The van der Waals surface area contributed by atoms with E-state index in [1.54, 1.807) is 0 Å². The first-order valence-corrected chi connectivity index (χ1v) is 10.5. The number of pyridine rings is 1. The number of aliphatic hydroxyl groups excluding tert-OH is 1. The highest BCUT2D eigenvalue weighted by molar-refractivity contribution is 5.81. The highest BCUT2D eigenvalue weighted by Crippen LogP contribution is 2.47. The minimum absolute atomic E-state index is 0.00132. The summed E-state index contributed by atoms with van der Waals surface area (Å²) < 4.78 is 2.21. The Kier molecular flexibility index (Phi) is 4.19. The molecule has 1 unspecified atom stereocenters. The molecule has 2 aliphatic heterocycles. The maximum absolute atomic E-state index is 13.0. The number of unbranched alkanes of at least 4 members (excludes halogenated alkanes) is 1. The zero-order valence-electron chi connectivity index (χ0n) is 16.4. The summed E-state index contributed by atoms with van der Waals surface area (Å²) >= 11 is 0. The zero-order valence-corrected chi connectivity index (χ0v) is 16.4. The van der Waals surface area contributed by atoms with Crippen LogP contribution in [-0.2, 0) is 10.3 Å². The van der Waals surface area contributed by atoms with Gasteiger partial charge in [-0.1, -0.05) is 13.3 Å². The van der Waals surface area contributed by atoms with Crippen LogP contribution in [0.3, 0.4) is 0 Å². The molecule has 0 radical (unpaired) electrons. The molecule has 28 heavy (non-hydrogen) atoms. The molecule has 5 rings (SSSR count). The lowest BCUT2D eigenvalue weighted by molar-refractivity contribution is -0.141. The molecule has 1 spiro atoms. The maximum atomic E-state index is 13.0. The Labute approximate surface area is 165 Å². The van der Waals surface area contributed by atoms with Crippen molar-refractivity contribution < 1.29 is 9.90 Å². The molecule has 0 aromatic carbocycles. The van der Waals surface area contributed by atoms with E-state index in [-0.39, 0.29) is 23.5 Å². The minimum atomic E-state index is -0.295. The quantitative estimate of drug-likeness (QED) is 0.886. The molecule has 148 valence electrons. The molecule has 2 aromatic heterocycles. The first-order valence-electron chi connectivity index (χ1n) is 10.5. The second kappa shape index (κ2) is 6.62. The van der Waals surface area contributed by atoms with E-state index in [2.05, 4.69) is 45.8 Å². The van der Waals surface area contributed by atoms with Gasteiger partial charge in [0.25, 0.3) is 0 Å². The molecule has 2 fully saturated rings. The SMILES string of the molecule is CCCCN1c2cccnc2-n2cccc2C12CCN(C(=O)C1CC(O)C1)C2. The molecule has 4 heterocycles. The average Bonchev–Trinajstić information content (AvgIpc) is 3.34. The van der Waals surface area contributed by atoms with Gasteiger partial charge in [0.05, 0.1) is 17.5 Å². The smallest absolute Gasteiger partial charge is 0.225 e. The molecule has 0 bridgehead atoms. The van der Waals surface area contributed by atoms with Gasteiger partial charge >= 0.3 is 0 Å². The molecule has 1 atom stereocenters. The number of aliphatic hydroxyl groups is 1. The van der Waals surface area contributed by atoms with Gasteiger partial charge < -0.3 is 19.5 Å². The minimum Gasteiger partial charge on any atom is -0.393 e. The number of likely N-dealkylation sites (tertiary alicyclic amines) is 1. The highest BCUT2D eigenvalue weighted by Gasteiger charge is 2.51. The van der Waals surface area contributed by atoms with Crippen LogP contribution in [0.2, 0.25) is 0 Å². The van der Waals surface area contributed by atoms with Crippen molar-refractivity contribution in [2.75, 3.05) is 24.5 Å². The van der Waals surface area contributed by atoms with E-state index < -0.39 is 0 Å². The first kappa shape index (κ1) is 17.7. The van der Waals surface area contributed by atoms with Crippen LogP contribution in [0.5, 0.6) is 0 Å². The Hall–Kier alpha value is -2.34. The lowest BCUT2D eigenvalue weighted by Gasteiger charge is -2.47. The summed E-state index contributed by atoms with van der Waals surface area (Å²) in [5, 5.41) is 9.61. The molecule has 1 saturated carbocycles. The first-order chi connectivity index (χ1) is 13.6.